The highest BCUT2D eigenvalue weighted by molar-refractivity contribution is 5.88. The average Bonchev–Trinajstić information content (AvgIpc) is 2.58. The standard InChI is InChI=1S/C19H22O5/c1-13(2)15-6-4-5-7-16(15)23-10-11-24-17-9-8-14(19(20)21)12-18(17)22-3/h4-9,12-13H,10-11H2,1-3H3,(H,20,21). The molecule has 0 heterocycles. The maximum absolute atomic E-state index is 11.0. The van der Waals surface area contributed by atoms with E-state index in [2.05, 4.69) is 19.9 Å². The number of hydrogen-bond acceptors (Lipinski definition) is 4. The van der Waals surface area contributed by atoms with Crippen LogP contribution in [0.2, 0.25) is 0 Å². The molecule has 2 aromatic rings. The fraction of sp³-hybridized carbons (Fsp3) is 0.316. The summed E-state index contributed by atoms with van der Waals surface area (Å²) in [4.78, 5) is 11.0. The minimum atomic E-state index is -1.01. The summed E-state index contributed by atoms with van der Waals surface area (Å²) in [6.45, 7) is 4.95. The largest absolute Gasteiger partial charge is 0.493 e. The Labute approximate surface area is 141 Å². The number of ether oxygens (including phenoxy) is 3. The molecule has 0 spiro atoms. The van der Waals surface area contributed by atoms with Crippen molar-refractivity contribution in [2.24, 2.45) is 0 Å². The van der Waals surface area contributed by atoms with Gasteiger partial charge in [-0.25, -0.2) is 4.79 Å². The number of para-hydroxylation sites is 1. The fourth-order valence-corrected chi connectivity index (χ4v) is 2.31. The molecule has 0 bridgehead atoms. The zero-order valence-electron chi connectivity index (χ0n) is 14.1. The van der Waals surface area contributed by atoms with Crippen LogP contribution in [0.3, 0.4) is 0 Å². The van der Waals surface area contributed by atoms with Crippen LogP contribution < -0.4 is 14.2 Å². The lowest BCUT2D eigenvalue weighted by molar-refractivity contribution is 0.0696. The summed E-state index contributed by atoms with van der Waals surface area (Å²) in [5.74, 6) is 1.10. The van der Waals surface area contributed by atoms with E-state index in [4.69, 9.17) is 19.3 Å². The molecule has 0 radical (unpaired) electrons. The molecule has 128 valence electrons. The molecular weight excluding hydrogens is 308 g/mol. The van der Waals surface area contributed by atoms with Gasteiger partial charge in [-0.1, -0.05) is 32.0 Å². The van der Waals surface area contributed by atoms with Gasteiger partial charge in [0.1, 0.15) is 19.0 Å². The van der Waals surface area contributed by atoms with E-state index in [0.29, 0.717) is 30.6 Å². The Morgan fingerprint density at radius 1 is 1.00 bits per heavy atom. The molecule has 2 aromatic carbocycles. The SMILES string of the molecule is COc1cc(C(=O)O)ccc1OCCOc1ccccc1C(C)C. The first-order chi connectivity index (χ1) is 11.5. The predicted octanol–water partition coefficient (Wildman–Crippen LogP) is 3.97. The number of carboxylic acids is 1. The molecule has 0 aliphatic carbocycles. The number of carboxylic acid groups (broad SMARTS) is 1. The normalized spacial score (nSPS) is 10.5. The van der Waals surface area contributed by atoms with Gasteiger partial charge in [-0.2, -0.15) is 0 Å². The molecule has 0 aromatic heterocycles. The van der Waals surface area contributed by atoms with Crippen molar-refractivity contribution in [1.82, 2.24) is 0 Å². The van der Waals surface area contributed by atoms with E-state index in [0.717, 1.165) is 11.3 Å². The van der Waals surface area contributed by atoms with Crippen LogP contribution in [0.1, 0.15) is 35.7 Å². The van der Waals surface area contributed by atoms with E-state index in [9.17, 15) is 4.79 Å². The van der Waals surface area contributed by atoms with E-state index < -0.39 is 5.97 Å². The zero-order chi connectivity index (χ0) is 17.5. The lowest BCUT2D eigenvalue weighted by Crippen LogP contribution is -2.11. The van der Waals surface area contributed by atoms with Crippen LogP contribution in [0.25, 0.3) is 0 Å². The molecular formula is C19H22O5. The lowest BCUT2D eigenvalue weighted by Gasteiger charge is -2.15. The van der Waals surface area contributed by atoms with E-state index in [1.807, 2.05) is 18.2 Å². The fourth-order valence-electron chi connectivity index (χ4n) is 2.31. The quantitative estimate of drug-likeness (QED) is 0.742. The molecule has 0 aliphatic rings. The van der Waals surface area contributed by atoms with Gasteiger partial charge in [-0.3, -0.25) is 0 Å². The van der Waals surface area contributed by atoms with Crippen molar-refractivity contribution in [3.8, 4) is 17.2 Å². The van der Waals surface area contributed by atoms with Crippen LogP contribution in [0.15, 0.2) is 42.5 Å². The van der Waals surface area contributed by atoms with E-state index in [-0.39, 0.29) is 5.56 Å². The van der Waals surface area contributed by atoms with Gasteiger partial charge in [0.05, 0.1) is 12.7 Å². The van der Waals surface area contributed by atoms with Crippen molar-refractivity contribution in [2.45, 2.75) is 19.8 Å². The smallest absolute Gasteiger partial charge is 0.335 e. The Hall–Kier alpha value is -2.69. The van der Waals surface area contributed by atoms with E-state index >= 15 is 0 Å². The number of methoxy groups -OCH3 is 1. The Morgan fingerprint density at radius 2 is 1.67 bits per heavy atom. The van der Waals surface area contributed by atoms with Crippen LogP contribution >= 0.6 is 0 Å². The molecule has 0 aliphatic heterocycles. The van der Waals surface area contributed by atoms with Crippen LogP contribution in [-0.2, 0) is 0 Å². The van der Waals surface area contributed by atoms with Gasteiger partial charge in [-0.15, -0.1) is 0 Å². The third kappa shape index (κ3) is 4.41. The molecule has 0 unspecified atom stereocenters. The second-order valence-electron chi connectivity index (χ2n) is 5.56. The first-order valence-electron chi connectivity index (χ1n) is 7.78. The van der Waals surface area contributed by atoms with Gasteiger partial charge in [-0.05, 0) is 35.7 Å². The molecule has 2 rings (SSSR count). The van der Waals surface area contributed by atoms with E-state index in [1.54, 1.807) is 6.07 Å². The van der Waals surface area contributed by atoms with Gasteiger partial charge in [0, 0.05) is 0 Å². The highest BCUT2D eigenvalue weighted by Gasteiger charge is 2.10. The highest BCUT2D eigenvalue weighted by Crippen LogP contribution is 2.28. The average molecular weight is 330 g/mol. The second-order valence-corrected chi connectivity index (χ2v) is 5.56. The molecule has 5 heteroatoms. The Kier molecular flexibility index (Phi) is 6.07. The second kappa shape index (κ2) is 8.24. The van der Waals surface area contributed by atoms with Crippen LogP contribution in [0.5, 0.6) is 17.2 Å². The number of carbonyl (C=O) groups is 1. The summed E-state index contributed by atoms with van der Waals surface area (Å²) in [5, 5.41) is 8.99. The number of hydrogen-bond donors (Lipinski definition) is 1. The van der Waals surface area contributed by atoms with E-state index in [1.165, 1.54) is 19.2 Å². The third-order valence-corrected chi connectivity index (χ3v) is 3.55. The summed E-state index contributed by atoms with van der Waals surface area (Å²) in [6, 6.07) is 12.4. The van der Waals surface area contributed by atoms with Crippen molar-refractivity contribution < 1.29 is 24.1 Å². The number of aromatic carboxylic acids is 1. The first-order valence-corrected chi connectivity index (χ1v) is 7.78. The Morgan fingerprint density at radius 3 is 2.29 bits per heavy atom. The molecule has 0 atom stereocenters. The number of rotatable bonds is 8. The zero-order valence-corrected chi connectivity index (χ0v) is 14.1. The lowest BCUT2D eigenvalue weighted by atomic mass is 10.0. The molecule has 0 saturated heterocycles. The molecule has 0 saturated carbocycles. The van der Waals surface area contributed by atoms with Gasteiger partial charge in [0.2, 0.25) is 0 Å². The van der Waals surface area contributed by atoms with Gasteiger partial charge in [0.25, 0.3) is 0 Å². The summed E-state index contributed by atoms with van der Waals surface area (Å²) in [5.41, 5.74) is 1.31. The van der Waals surface area contributed by atoms with Gasteiger partial charge < -0.3 is 19.3 Å². The monoisotopic (exact) mass is 330 g/mol. The van der Waals surface area contributed by atoms with Crippen LogP contribution in [0.4, 0.5) is 0 Å². The molecule has 5 nitrogen and oxygen atoms in total. The van der Waals surface area contributed by atoms with Crippen molar-refractivity contribution in [3.63, 3.8) is 0 Å². The molecule has 0 fully saturated rings. The molecule has 1 N–H and O–H groups in total. The minimum Gasteiger partial charge on any atom is -0.493 e. The Bertz CT molecular complexity index is 694. The summed E-state index contributed by atoms with van der Waals surface area (Å²) in [6.07, 6.45) is 0. The maximum atomic E-state index is 11.0. The maximum Gasteiger partial charge on any atom is 0.335 e. The summed E-state index contributed by atoms with van der Waals surface area (Å²) in [7, 11) is 1.48. The Balaban J connectivity index is 1.94. The minimum absolute atomic E-state index is 0.154. The first kappa shape index (κ1) is 17.7. The summed E-state index contributed by atoms with van der Waals surface area (Å²) < 4.78 is 16.6. The number of benzene rings is 2. The van der Waals surface area contributed by atoms with Gasteiger partial charge >= 0.3 is 5.97 Å². The van der Waals surface area contributed by atoms with Crippen molar-refractivity contribution in [1.29, 1.82) is 0 Å². The molecule has 24 heavy (non-hydrogen) atoms. The highest BCUT2D eigenvalue weighted by atomic mass is 16.5. The topological polar surface area (TPSA) is 65.0 Å². The van der Waals surface area contributed by atoms with Gasteiger partial charge in [0.15, 0.2) is 11.5 Å². The van der Waals surface area contributed by atoms with Crippen molar-refractivity contribution in [3.05, 3.63) is 53.6 Å². The van der Waals surface area contributed by atoms with Crippen LogP contribution in [-0.4, -0.2) is 31.4 Å². The van der Waals surface area contributed by atoms with Crippen LogP contribution in [0, 0.1) is 0 Å². The molecule has 0 amide bonds. The van der Waals surface area contributed by atoms with Crippen molar-refractivity contribution in [2.75, 3.05) is 20.3 Å². The van der Waals surface area contributed by atoms with Crippen molar-refractivity contribution >= 4 is 5.97 Å². The third-order valence-electron chi connectivity index (χ3n) is 3.55. The predicted molar refractivity (Wildman–Crippen MR) is 91.5 cm³/mol. The summed E-state index contributed by atoms with van der Waals surface area (Å²) >= 11 is 0.